The van der Waals surface area contributed by atoms with Crippen molar-refractivity contribution in [1.29, 1.82) is 0 Å². The smallest absolute Gasteiger partial charge is 0.354 e. The number of hydrogen-bond acceptors (Lipinski definition) is 8. The number of anilines is 2. The van der Waals surface area contributed by atoms with Crippen LogP contribution in [0.25, 0.3) is 0 Å². The van der Waals surface area contributed by atoms with E-state index < -0.39 is 23.2 Å². The molecule has 4 aromatic rings. The number of halogens is 1. The van der Waals surface area contributed by atoms with Crippen LogP contribution in [0, 0.1) is 12.7 Å². The number of ether oxygens (including phenoxy) is 1. The first-order valence-electron chi connectivity index (χ1n) is 11.3. The molecule has 0 aliphatic carbocycles. The molecule has 0 amide bonds. The second-order valence-electron chi connectivity index (χ2n) is 8.12. The van der Waals surface area contributed by atoms with Gasteiger partial charge in [0.2, 0.25) is 11.8 Å². The van der Waals surface area contributed by atoms with E-state index in [4.69, 9.17) is 9.84 Å². The van der Waals surface area contributed by atoms with Crippen LogP contribution < -0.4 is 21.4 Å². The third-order valence-electron chi connectivity index (χ3n) is 5.36. The molecule has 2 aromatic heterocycles. The SMILES string of the molecule is CCCn1c(=O)nc(Nc2ccc(Oc3cc(C(=O)O)ncn3)c(C)c2)n(Cc2ccc(F)cc2)c1=O. The van der Waals surface area contributed by atoms with Gasteiger partial charge >= 0.3 is 17.3 Å². The Kier molecular flexibility index (Phi) is 7.37. The maximum atomic E-state index is 13.4. The maximum absolute atomic E-state index is 13.4. The van der Waals surface area contributed by atoms with Crippen LogP contribution >= 0.6 is 0 Å². The van der Waals surface area contributed by atoms with Gasteiger partial charge in [-0.25, -0.2) is 33.3 Å². The van der Waals surface area contributed by atoms with Gasteiger partial charge in [0, 0.05) is 18.3 Å². The third kappa shape index (κ3) is 5.86. The largest absolute Gasteiger partial charge is 0.477 e. The second kappa shape index (κ2) is 10.8. The van der Waals surface area contributed by atoms with Gasteiger partial charge in [0.05, 0.1) is 6.54 Å². The van der Waals surface area contributed by atoms with Crippen LogP contribution in [0.5, 0.6) is 11.6 Å². The summed E-state index contributed by atoms with van der Waals surface area (Å²) in [6.45, 7) is 3.89. The summed E-state index contributed by atoms with van der Waals surface area (Å²) in [4.78, 5) is 48.5. The highest BCUT2D eigenvalue weighted by Crippen LogP contribution is 2.27. The predicted octanol–water partition coefficient (Wildman–Crippen LogP) is 3.33. The molecule has 0 saturated heterocycles. The van der Waals surface area contributed by atoms with Crippen molar-refractivity contribution in [3.8, 4) is 11.6 Å². The molecule has 2 N–H and O–H groups in total. The Balaban J connectivity index is 1.65. The molecule has 0 radical (unpaired) electrons. The minimum atomic E-state index is -1.21. The molecular weight excluding hydrogens is 483 g/mol. The first-order chi connectivity index (χ1) is 17.7. The first-order valence-corrected chi connectivity index (χ1v) is 11.3. The Bertz CT molecular complexity index is 1570. The number of benzene rings is 2. The van der Waals surface area contributed by atoms with E-state index in [1.165, 1.54) is 22.8 Å². The van der Waals surface area contributed by atoms with Gasteiger partial charge in [0.1, 0.15) is 17.9 Å². The van der Waals surface area contributed by atoms with Crippen LogP contribution in [0.1, 0.15) is 35.0 Å². The zero-order valence-corrected chi connectivity index (χ0v) is 20.0. The number of carbonyl (C=O) groups is 1. The van der Waals surface area contributed by atoms with Gasteiger partial charge in [-0.1, -0.05) is 19.1 Å². The summed E-state index contributed by atoms with van der Waals surface area (Å²) in [5, 5.41) is 12.1. The van der Waals surface area contributed by atoms with E-state index in [1.54, 1.807) is 37.3 Å². The lowest BCUT2D eigenvalue weighted by atomic mass is 10.2. The summed E-state index contributed by atoms with van der Waals surface area (Å²) in [5.41, 5.74) is 0.408. The van der Waals surface area contributed by atoms with Crippen molar-refractivity contribution in [2.45, 2.75) is 33.4 Å². The summed E-state index contributed by atoms with van der Waals surface area (Å²) in [5.74, 6) is -1.10. The quantitative estimate of drug-likeness (QED) is 0.350. The van der Waals surface area contributed by atoms with E-state index in [0.29, 0.717) is 29.0 Å². The number of aromatic carboxylic acids is 1. The number of carboxylic acids is 1. The van der Waals surface area contributed by atoms with Crippen molar-refractivity contribution >= 4 is 17.6 Å². The minimum absolute atomic E-state index is 0.0293. The number of aryl methyl sites for hydroxylation is 1. The van der Waals surface area contributed by atoms with Crippen LogP contribution in [-0.4, -0.2) is 35.2 Å². The number of aromatic nitrogens is 5. The maximum Gasteiger partial charge on any atom is 0.354 e. The monoisotopic (exact) mass is 506 g/mol. The van der Waals surface area contributed by atoms with Crippen LogP contribution in [-0.2, 0) is 13.1 Å². The fourth-order valence-electron chi connectivity index (χ4n) is 3.55. The highest BCUT2D eigenvalue weighted by Gasteiger charge is 2.15. The molecule has 0 bridgehead atoms. The van der Waals surface area contributed by atoms with Crippen LogP contribution in [0.15, 0.2) is 64.4 Å². The normalized spacial score (nSPS) is 10.8. The first kappa shape index (κ1) is 25.2. The van der Waals surface area contributed by atoms with Crippen molar-refractivity contribution in [2.24, 2.45) is 0 Å². The zero-order valence-electron chi connectivity index (χ0n) is 20.0. The Morgan fingerprint density at radius 3 is 2.51 bits per heavy atom. The Morgan fingerprint density at radius 2 is 1.84 bits per heavy atom. The summed E-state index contributed by atoms with van der Waals surface area (Å²) >= 11 is 0. The van der Waals surface area contributed by atoms with Crippen molar-refractivity contribution in [2.75, 3.05) is 5.32 Å². The molecule has 2 heterocycles. The molecule has 0 atom stereocenters. The molecule has 12 heteroatoms. The van der Waals surface area contributed by atoms with E-state index in [1.807, 2.05) is 6.92 Å². The lowest BCUT2D eigenvalue weighted by molar-refractivity contribution is 0.0689. The number of nitrogens with zero attached hydrogens (tertiary/aromatic N) is 5. The highest BCUT2D eigenvalue weighted by molar-refractivity contribution is 5.85. The molecule has 0 spiro atoms. The predicted molar refractivity (Wildman–Crippen MR) is 132 cm³/mol. The van der Waals surface area contributed by atoms with Crippen molar-refractivity contribution in [3.05, 3.63) is 98.5 Å². The van der Waals surface area contributed by atoms with Gasteiger partial charge < -0.3 is 15.2 Å². The molecule has 0 saturated carbocycles. The molecule has 0 aliphatic heterocycles. The van der Waals surface area contributed by atoms with E-state index >= 15 is 0 Å². The van der Waals surface area contributed by atoms with Crippen LogP contribution in [0.2, 0.25) is 0 Å². The van der Waals surface area contributed by atoms with Gasteiger partial charge in [0.25, 0.3) is 0 Å². The van der Waals surface area contributed by atoms with Gasteiger partial charge in [-0.05, 0) is 54.8 Å². The van der Waals surface area contributed by atoms with E-state index in [2.05, 4.69) is 20.3 Å². The molecular formula is C25H23FN6O5. The standard InChI is InChI=1S/C25H23FN6O5/c1-3-10-31-24(35)30-23(32(25(31)36)13-16-4-6-17(26)7-5-16)29-18-8-9-20(15(2)11-18)37-21-12-19(22(33)34)27-14-28-21/h4-9,11-12,14H,3,10,13H2,1-2H3,(H,33,34)(H,29,30,35). The van der Waals surface area contributed by atoms with Gasteiger partial charge in [-0.2, -0.15) is 4.98 Å². The average Bonchev–Trinajstić information content (AvgIpc) is 2.87. The van der Waals surface area contributed by atoms with Crippen molar-refractivity contribution in [1.82, 2.24) is 24.1 Å². The lowest BCUT2D eigenvalue weighted by Gasteiger charge is -2.16. The lowest BCUT2D eigenvalue weighted by Crippen LogP contribution is -2.42. The third-order valence-corrected chi connectivity index (χ3v) is 5.36. The van der Waals surface area contributed by atoms with Gasteiger partial charge in [-0.15, -0.1) is 0 Å². The molecule has 37 heavy (non-hydrogen) atoms. The summed E-state index contributed by atoms with van der Waals surface area (Å²) in [6.07, 6.45) is 1.66. The summed E-state index contributed by atoms with van der Waals surface area (Å²) < 4.78 is 21.4. The Labute approximate surface area is 209 Å². The fraction of sp³-hybridized carbons (Fsp3) is 0.200. The molecule has 0 fully saturated rings. The number of hydrogen-bond donors (Lipinski definition) is 2. The molecule has 190 valence electrons. The number of carboxylic acid groups (broad SMARTS) is 1. The van der Waals surface area contributed by atoms with E-state index in [9.17, 15) is 18.8 Å². The Hall–Kier alpha value is -4.87. The van der Waals surface area contributed by atoms with E-state index in [-0.39, 0.29) is 30.6 Å². The topological polar surface area (TPSA) is 141 Å². The van der Waals surface area contributed by atoms with E-state index in [0.717, 1.165) is 10.9 Å². The molecule has 0 aliphatic rings. The number of rotatable bonds is 9. The Morgan fingerprint density at radius 1 is 1.08 bits per heavy atom. The molecule has 4 rings (SSSR count). The molecule has 11 nitrogen and oxygen atoms in total. The van der Waals surface area contributed by atoms with Crippen LogP contribution in [0.3, 0.4) is 0 Å². The van der Waals surface area contributed by atoms with Gasteiger partial charge in [-0.3, -0.25) is 4.57 Å². The molecule has 2 aromatic carbocycles. The van der Waals surface area contributed by atoms with Crippen molar-refractivity contribution < 1.29 is 19.0 Å². The fourth-order valence-corrected chi connectivity index (χ4v) is 3.55. The zero-order chi connectivity index (χ0) is 26.5. The summed E-state index contributed by atoms with van der Waals surface area (Å²) in [7, 11) is 0. The minimum Gasteiger partial charge on any atom is -0.477 e. The molecule has 0 unspecified atom stereocenters. The van der Waals surface area contributed by atoms with Crippen molar-refractivity contribution in [3.63, 3.8) is 0 Å². The second-order valence-corrected chi connectivity index (χ2v) is 8.12. The average molecular weight is 506 g/mol. The number of nitrogens with one attached hydrogen (secondary N) is 1. The van der Waals surface area contributed by atoms with Crippen LogP contribution in [0.4, 0.5) is 16.0 Å². The highest BCUT2D eigenvalue weighted by atomic mass is 19.1. The summed E-state index contributed by atoms with van der Waals surface area (Å²) in [6, 6.07) is 11.9. The van der Waals surface area contributed by atoms with Gasteiger partial charge in [0.15, 0.2) is 5.69 Å².